The molecule has 0 saturated carbocycles. The first-order valence-corrected chi connectivity index (χ1v) is 7.44. The zero-order valence-electron chi connectivity index (χ0n) is 9.09. The molecule has 2 aromatic rings. The number of halogens is 1. The molecule has 0 aliphatic heterocycles. The Kier molecular flexibility index (Phi) is 4.70. The molecular weight excluding hydrogens is 336 g/mol. The molecule has 1 heterocycles. The third-order valence-electron chi connectivity index (χ3n) is 2.14. The molecule has 18 heavy (non-hydrogen) atoms. The Hall–Kier alpha value is -0.960. The van der Waals surface area contributed by atoms with Gasteiger partial charge in [-0.3, -0.25) is 10.2 Å². The molecule has 0 aliphatic rings. The largest absolute Gasteiger partial charge is 0.290 e. The fourth-order valence-corrected chi connectivity index (χ4v) is 3.41. The van der Waals surface area contributed by atoms with E-state index in [1.807, 2.05) is 6.07 Å². The minimum absolute atomic E-state index is 0.306. The number of hydrogen-bond donors (Lipinski definition) is 2. The predicted molar refractivity (Wildman–Crippen MR) is 75.3 cm³/mol. The van der Waals surface area contributed by atoms with Crippen molar-refractivity contribution < 1.29 is 4.79 Å². The summed E-state index contributed by atoms with van der Waals surface area (Å²) in [6.45, 7) is 0. The van der Waals surface area contributed by atoms with Crippen molar-refractivity contribution in [2.75, 3.05) is 0 Å². The van der Waals surface area contributed by atoms with Crippen molar-refractivity contribution in [3.8, 4) is 0 Å². The van der Waals surface area contributed by atoms with Crippen molar-refractivity contribution >= 4 is 45.1 Å². The van der Waals surface area contributed by atoms with Crippen molar-refractivity contribution in [1.29, 1.82) is 0 Å². The van der Waals surface area contributed by atoms with Gasteiger partial charge in [-0.15, -0.1) is 0 Å². The van der Waals surface area contributed by atoms with Gasteiger partial charge in [0.1, 0.15) is 6.33 Å². The Morgan fingerprint density at radius 2 is 2.39 bits per heavy atom. The fraction of sp³-hybridized carbons (Fsp3) is 0.100. The molecule has 0 radical (unpaired) electrons. The minimum atomic E-state index is -0.306. The summed E-state index contributed by atoms with van der Waals surface area (Å²) in [7, 11) is 0. The summed E-state index contributed by atoms with van der Waals surface area (Å²) >= 11 is 6.41. The van der Waals surface area contributed by atoms with Crippen molar-refractivity contribution in [3.63, 3.8) is 0 Å². The number of hydrazine groups is 1. The van der Waals surface area contributed by atoms with Gasteiger partial charge in [0.15, 0.2) is 4.34 Å². The smallest absolute Gasteiger partial charge is 0.265 e. The highest BCUT2D eigenvalue weighted by Crippen LogP contribution is 2.27. The number of nitrogens with one attached hydrogen (secondary N) is 1. The molecule has 0 spiro atoms. The van der Waals surface area contributed by atoms with Crippen LogP contribution in [-0.2, 0) is 5.75 Å². The number of nitrogens with zero attached hydrogens (tertiary/aromatic N) is 2. The van der Waals surface area contributed by atoms with Gasteiger partial charge in [-0.1, -0.05) is 33.8 Å². The van der Waals surface area contributed by atoms with Gasteiger partial charge in [0.2, 0.25) is 0 Å². The number of aromatic nitrogens is 2. The lowest BCUT2D eigenvalue weighted by Crippen LogP contribution is -2.29. The average molecular weight is 345 g/mol. The first kappa shape index (κ1) is 13.5. The van der Waals surface area contributed by atoms with Gasteiger partial charge in [0.05, 0.1) is 0 Å². The molecule has 1 aromatic heterocycles. The Morgan fingerprint density at radius 1 is 1.56 bits per heavy atom. The van der Waals surface area contributed by atoms with Crippen LogP contribution in [-0.4, -0.2) is 15.3 Å². The van der Waals surface area contributed by atoms with Crippen LogP contribution in [0, 0.1) is 0 Å². The maximum absolute atomic E-state index is 11.3. The second-order valence-electron chi connectivity index (χ2n) is 3.28. The summed E-state index contributed by atoms with van der Waals surface area (Å²) in [4.78, 5) is 15.4. The zero-order chi connectivity index (χ0) is 13.0. The maximum atomic E-state index is 11.3. The van der Waals surface area contributed by atoms with E-state index in [0.717, 1.165) is 20.1 Å². The number of carbonyl (C=O) groups excluding carboxylic acids is 1. The third kappa shape index (κ3) is 3.29. The van der Waals surface area contributed by atoms with Crippen LogP contribution in [0.4, 0.5) is 0 Å². The number of amides is 1. The van der Waals surface area contributed by atoms with Crippen molar-refractivity contribution in [2.24, 2.45) is 5.84 Å². The molecule has 8 heteroatoms. The van der Waals surface area contributed by atoms with Crippen LogP contribution in [0.15, 0.2) is 33.3 Å². The van der Waals surface area contributed by atoms with Gasteiger partial charge >= 0.3 is 0 Å². The Bertz CT molecular complexity index is 547. The van der Waals surface area contributed by atoms with Crippen LogP contribution in [0.3, 0.4) is 0 Å². The van der Waals surface area contributed by atoms with Crippen LogP contribution < -0.4 is 11.3 Å². The topological polar surface area (TPSA) is 80.9 Å². The minimum Gasteiger partial charge on any atom is -0.290 e. The maximum Gasteiger partial charge on any atom is 0.265 e. The highest BCUT2D eigenvalue weighted by molar-refractivity contribution is 9.10. The van der Waals surface area contributed by atoms with E-state index >= 15 is 0 Å². The molecule has 5 nitrogen and oxygen atoms in total. The first-order valence-electron chi connectivity index (χ1n) is 4.89. The van der Waals surface area contributed by atoms with Gasteiger partial charge in [-0.05, 0) is 29.2 Å². The predicted octanol–water partition coefficient (Wildman–Crippen LogP) is 2.20. The molecule has 0 bridgehead atoms. The number of carbonyl (C=O) groups is 1. The summed E-state index contributed by atoms with van der Waals surface area (Å²) in [6.07, 6.45) is 1.54. The fourth-order valence-electron chi connectivity index (χ4n) is 1.25. The molecule has 0 saturated heterocycles. The highest BCUT2D eigenvalue weighted by atomic mass is 79.9. The highest BCUT2D eigenvalue weighted by Gasteiger charge is 2.08. The molecule has 0 atom stereocenters. The van der Waals surface area contributed by atoms with Crippen LogP contribution in [0.1, 0.15) is 15.9 Å². The van der Waals surface area contributed by atoms with E-state index < -0.39 is 0 Å². The Labute approximate surface area is 120 Å². The summed E-state index contributed by atoms with van der Waals surface area (Å²) in [6, 6.07) is 5.38. The zero-order valence-corrected chi connectivity index (χ0v) is 12.3. The van der Waals surface area contributed by atoms with E-state index in [9.17, 15) is 4.79 Å². The van der Waals surface area contributed by atoms with E-state index in [1.54, 1.807) is 23.9 Å². The number of thioether (sulfide) groups is 1. The van der Waals surface area contributed by atoms with Crippen LogP contribution in [0.25, 0.3) is 0 Å². The van der Waals surface area contributed by atoms with Gasteiger partial charge in [-0.25, -0.2) is 10.8 Å². The molecule has 1 amide bonds. The standard InChI is InChI=1S/C10H9BrN4OS2/c11-8-3-6(9(16)15-12)1-2-7(8)4-17-10-13-5-14-18-10/h1-3,5H,4,12H2,(H,15,16). The Balaban J connectivity index is 2.08. The van der Waals surface area contributed by atoms with E-state index in [-0.39, 0.29) is 5.91 Å². The molecule has 0 fully saturated rings. The lowest BCUT2D eigenvalue weighted by Gasteiger charge is -2.05. The second-order valence-corrected chi connectivity index (χ2v) is 6.13. The average Bonchev–Trinajstić information content (AvgIpc) is 2.89. The van der Waals surface area contributed by atoms with E-state index in [4.69, 9.17) is 5.84 Å². The normalized spacial score (nSPS) is 10.3. The lowest BCUT2D eigenvalue weighted by molar-refractivity contribution is 0.0953. The van der Waals surface area contributed by atoms with Crippen molar-refractivity contribution in [1.82, 2.24) is 14.8 Å². The Morgan fingerprint density at radius 3 is 3.00 bits per heavy atom. The number of rotatable bonds is 4. The number of benzene rings is 1. The monoisotopic (exact) mass is 344 g/mol. The molecule has 0 aliphatic carbocycles. The molecule has 2 rings (SSSR count). The summed E-state index contributed by atoms with van der Waals surface area (Å²) in [5, 5.41) is 0. The van der Waals surface area contributed by atoms with Crippen LogP contribution >= 0.6 is 39.2 Å². The lowest BCUT2D eigenvalue weighted by atomic mass is 10.1. The van der Waals surface area contributed by atoms with E-state index in [1.165, 1.54) is 17.9 Å². The molecular formula is C10H9BrN4OS2. The van der Waals surface area contributed by atoms with Gasteiger partial charge in [0.25, 0.3) is 5.91 Å². The molecule has 1 aromatic carbocycles. The number of nitrogen functional groups attached to an aromatic ring is 1. The number of nitrogens with two attached hydrogens (primary N) is 1. The van der Waals surface area contributed by atoms with E-state index in [2.05, 4.69) is 30.7 Å². The van der Waals surface area contributed by atoms with Gasteiger partial charge in [0, 0.05) is 15.8 Å². The number of hydrogen-bond acceptors (Lipinski definition) is 6. The quantitative estimate of drug-likeness (QED) is 0.384. The molecule has 0 unspecified atom stereocenters. The second kappa shape index (κ2) is 6.28. The molecule has 94 valence electrons. The summed E-state index contributed by atoms with van der Waals surface area (Å²) in [5.74, 6) is 5.54. The van der Waals surface area contributed by atoms with Crippen LogP contribution in [0.5, 0.6) is 0 Å². The van der Waals surface area contributed by atoms with Crippen molar-refractivity contribution in [3.05, 3.63) is 40.1 Å². The summed E-state index contributed by atoms with van der Waals surface area (Å²) < 4.78 is 5.73. The third-order valence-corrected chi connectivity index (χ3v) is 4.72. The van der Waals surface area contributed by atoms with Gasteiger partial charge in [-0.2, -0.15) is 4.37 Å². The van der Waals surface area contributed by atoms with Crippen molar-refractivity contribution in [2.45, 2.75) is 10.1 Å². The summed E-state index contributed by atoms with van der Waals surface area (Å²) in [5.41, 5.74) is 3.71. The first-order chi connectivity index (χ1) is 8.70. The van der Waals surface area contributed by atoms with Gasteiger partial charge < -0.3 is 0 Å². The SMILES string of the molecule is NNC(=O)c1ccc(CSc2ncns2)c(Br)c1. The van der Waals surface area contributed by atoms with Crippen LogP contribution in [0.2, 0.25) is 0 Å². The van der Waals surface area contributed by atoms with E-state index in [0.29, 0.717) is 5.56 Å². The molecule has 3 N–H and O–H groups in total.